The Kier molecular flexibility index (Phi) is 5.55. The number of carbonyl (C=O) groups is 2. The first-order valence-corrected chi connectivity index (χ1v) is 6.01. The summed E-state index contributed by atoms with van der Waals surface area (Å²) >= 11 is 0. The Labute approximate surface area is 101 Å². The third-order valence-corrected chi connectivity index (χ3v) is 3.04. The lowest BCUT2D eigenvalue weighted by atomic mass is 9.85. The fourth-order valence-electron chi connectivity index (χ4n) is 2.11. The predicted molar refractivity (Wildman–Crippen MR) is 62.2 cm³/mol. The molecule has 0 aromatic rings. The maximum absolute atomic E-state index is 11.4. The second-order valence-electron chi connectivity index (χ2n) is 4.37. The van der Waals surface area contributed by atoms with E-state index in [4.69, 9.17) is 16.3 Å². The van der Waals surface area contributed by atoms with Crippen LogP contribution in [0, 0.1) is 18.3 Å². The third-order valence-electron chi connectivity index (χ3n) is 3.04. The Morgan fingerprint density at radius 3 is 2.47 bits per heavy atom. The molecule has 1 N–H and O–H groups in total. The van der Waals surface area contributed by atoms with E-state index in [1.807, 2.05) is 0 Å². The number of terminal acetylenes is 1. The Morgan fingerprint density at radius 1 is 1.29 bits per heavy atom. The zero-order valence-electron chi connectivity index (χ0n) is 9.85. The summed E-state index contributed by atoms with van der Waals surface area (Å²) in [5, 5.41) is 8.45. The van der Waals surface area contributed by atoms with Gasteiger partial charge >= 0.3 is 11.9 Å². The van der Waals surface area contributed by atoms with Crippen LogP contribution < -0.4 is 0 Å². The number of esters is 1. The van der Waals surface area contributed by atoms with E-state index in [0.29, 0.717) is 0 Å². The lowest BCUT2D eigenvalue weighted by Crippen LogP contribution is -2.27. The van der Waals surface area contributed by atoms with Gasteiger partial charge in [0.05, 0.1) is 12.8 Å². The molecular weight excluding hydrogens is 220 g/mol. The molecule has 17 heavy (non-hydrogen) atoms. The van der Waals surface area contributed by atoms with Crippen LogP contribution in [0.1, 0.15) is 44.9 Å². The molecule has 0 amide bonds. The smallest absolute Gasteiger partial charge is 0.307 e. The van der Waals surface area contributed by atoms with Gasteiger partial charge in [-0.1, -0.05) is 25.2 Å². The van der Waals surface area contributed by atoms with Crippen LogP contribution in [0.25, 0.3) is 0 Å². The summed E-state index contributed by atoms with van der Waals surface area (Å²) in [6.45, 7) is 0. The van der Waals surface area contributed by atoms with Gasteiger partial charge in [0.1, 0.15) is 0 Å². The molecule has 1 aliphatic rings. The van der Waals surface area contributed by atoms with Crippen molar-refractivity contribution in [3.8, 4) is 12.3 Å². The van der Waals surface area contributed by atoms with Crippen LogP contribution in [-0.4, -0.2) is 23.1 Å². The van der Waals surface area contributed by atoms with E-state index >= 15 is 0 Å². The second kappa shape index (κ2) is 6.95. The highest BCUT2D eigenvalue weighted by molar-refractivity contribution is 5.76. The fraction of sp³-hybridized carbons (Fsp3) is 0.692. The number of rotatable bonds is 5. The predicted octanol–water partition coefficient (Wildman–Crippen LogP) is 1.98. The summed E-state index contributed by atoms with van der Waals surface area (Å²) in [6, 6.07) is 0. The summed E-state index contributed by atoms with van der Waals surface area (Å²) in [5.74, 6) is 1.22. The minimum Gasteiger partial charge on any atom is -0.481 e. The van der Waals surface area contributed by atoms with Crippen LogP contribution in [0.15, 0.2) is 0 Å². The Morgan fingerprint density at radius 2 is 1.94 bits per heavy atom. The van der Waals surface area contributed by atoms with Crippen molar-refractivity contribution in [2.24, 2.45) is 5.92 Å². The molecule has 1 atom stereocenters. The highest BCUT2D eigenvalue weighted by atomic mass is 16.5. The quantitative estimate of drug-likeness (QED) is 0.587. The first-order chi connectivity index (χ1) is 8.13. The van der Waals surface area contributed by atoms with Gasteiger partial charge in [-0.25, -0.2) is 0 Å². The standard InChI is InChI=1S/C13H18O4/c1-2-11(10-6-4-3-5-7-10)17-13(16)9-8-12(14)15/h1,10-11H,3-9H2,(H,14,15). The van der Waals surface area contributed by atoms with E-state index in [0.717, 1.165) is 25.7 Å². The molecule has 1 saturated carbocycles. The number of carbonyl (C=O) groups excluding carboxylic acids is 1. The molecule has 1 fully saturated rings. The van der Waals surface area contributed by atoms with Gasteiger partial charge in [0.25, 0.3) is 0 Å². The van der Waals surface area contributed by atoms with Crippen LogP contribution in [0.4, 0.5) is 0 Å². The van der Waals surface area contributed by atoms with Gasteiger partial charge < -0.3 is 9.84 Å². The number of aliphatic carboxylic acids is 1. The topological polar surface area (TPSA) is 63.6 Å². The molecule has 1 rings (SSSR count). The SMILES string of the molecule is C#CC(OC(=O)CCC(=O)O)C1CCCCC1. The largest absolute Gasteiger partial charge is 0.481 e. The summed E-state index contributed by atoms with van der Waals surface area (Å²) in [5.41, 5.74) is 0. The average Bonchev–Trinajstić information content (AvgIpc) is 2.34. The molecule has 0 aliphatic heterocycles. The van der Waals surface area contributed by atoms with Gasteiger partial charge in [-0.15, -0.1) is 6.42 Å². The number of carboxylic acid groups (broad SMARTS) is 1. The third kappa shape index (κ3) is 4.90. The van der Waals surface area contributed by atoms with Crippen LogP contribution in [0.3, 0.4) is 0 Å². The summed E-state index contributed by atoms with van der Waals surface area (Å²) in [7, 11) is 0. The van der Waals surface area contributed by atoms with Crippen LogP contribution in [0.5, 0.6) is 0 Å². The van der Waals surface area contributed by atoms with Gasteiger partial charge in [-0.05, 0) is 12.8 Å². The molecule has 4 heteroatoms. The minimum absolute atomic E-state index is 0.111. The van der Waals surface area contributed by atoms with Crippen molar-refractivity contribution in [3.05, 3.63) is 0 Å². The van der Waals surface area contributed by atoms with Crippen molar-refractivity contribution in [1.29, 1.82) is 0 Å². The van der Waals surface area contributed by atoms with E-state index in [1.54, 1.807) is 0 Å². The highest BCUT2D eigenvalue weighted by Gasteiger charge is 2.25. The maximum Gasteiger partial charge on any atom is 0.307 e. The van der Waals surface area contributed by atoms with E-state index in [9.17, 15) is 9.59 Å². The second-order valence-corrected chi connectivity index (χ2v) is 4.37. The number of hydrogen-bond donors (Lipinski definition) is 1. The van der Waals surface area contributed by atoms with E-state index in [-0.39, 0.29) is 18.8 Å². The number of hydrogen-bond acceptors (Lipinski definition) is 3. The molecule has 0 radical (unpaired) electrons. The molecule has 0 spiro atoms. The van der Waals surface area contributed by atoms with Gasteiger partial charge in [0, 0.05) is 5.92 Å². The van der Waals surface area contributed by atoms with Gasteiger partial charge in [-0.3, -0.25) is 9.59 Å². The first-order valence-electron chi connectivity index (χ1n) is 6.01. The zero-order valence-corrected chi connectivity index (χ0v) is 9.85. The Hall–Kier alpha value is -1.50. The normalized spacial score (nSPS) is 18.1. The Bertz CT molecular complexity index is 310. The summed E-state index contributed by atoms with van der Waals surface area (Å²) < 4.78 is 5.15. The van der Waals surface area contributed by atoms with Crippen LogP contribution >= 0.6 is 0 Å². The fourth-order valence-corrected chi connectivity index (χ4v) is 2.11. The van der Waals surface area contributed by atoms with Gasteiger partial charge in [0.15, 0.2) is 6.10 Å². The molecule has 4 nitrogen and oxygen atoms in total. The van der Waals surface area contributed by atoms with Crippen molar-refractivity contribution < 1.29 is 19.4 Å². The number of carboxylic acids is 1. The van der Waals surface area contributed by atoms with Crippen molar-refractivity contribution in [2.45, 2.75) is 51.0 Å². The van der Waals surface area contributed by atoms with E-state index in [2.05, 4.69) is 5.92 Å². The molecule has 1 aliphatic carbocycles. The lowest BCUT2D eigenvalue weighted by molar-refractivity contribution is -0.152. The molecule has 0 saturated heterocycles. The van der Waals surface area contributed by atoms with Crippen molar-refractivity contribution in [2.75, 3.05) is 0 Å². The highest BCUT2D eigenvalue weighted by Crippen LogP contribution is 2.27. The van der Waals surface area contributed by atoms with Crippen molar-refractivity contribution >= 4 is 11.9 Å². The average molecular weight is 238 g/mol. The van der Waals surface area contributed by atoms with Crippen molar-refractivity contribution in [1.82, 2.24) is 0 Å². The van der Waals surface area contributed by atoms with E-state index < -0.39 is 18.0 Å². The monoisotopic (exact) mass is 238 g/mol. The molecule has 0 aromatic heterocycles. The lowest BCUT2D eigenvalue weighted by Gasteiger charge is -2.26. The maximum atomic E-state index is 11.4. The molecule has 0 aromatic carbocycles. The summed E-state index contributed by atoms with van der Waals surface area (Å²) in [6.07, 6.45) is 9.98. The van der Waals surface area contributed by atoms with Crippen LogP contribution in [0.2, 0.25) is 0 Å². The van der Waals surface area contributed by atoms with E-state index in [1.165, 1.54) is 6.42 Å². The molecule has 0 bridgehead atoms. The molecular formula is C13H18O4. The zero-order chi connectivity index (χ0) is 12.7. The Balaban J connectivity index is 2.38. The van der Waals surface area contributed by atoms with Gasteiger partial charge in [-0.2, -0.15) is 0 Å². The molecule has 0 heterocycles. The molecule has 1 unspecified atom stereocenters. The molecule has 94 valence electrons. The van der Waals surface area contributed by atoms with Crippen molar-refractivity contribution in [3.63, 3.8) is 0 Å². The first kappa shape index (κ1) is 13.6. The van der Waals surface area contributed by atoms with Gasteiger partial charge in [0.2, 0.25) is 0 Å². The van der Waals surface area contributed by atoms with Crippen LogP contribution in [-0.2, 0) is 14.3 Å². The minimum atomic E-state index is -1.00. The summed E-state index contributed by atoms with van der Waals surface area (Å²) in [4.78, 5) is 21.7. The number of ether oxygens (including phenoxy) is 1.